The van der Waals surface area contributed by atoms with Crippen LogP contribution in [0.2, 0.25) is 0 Å². The summed E-state index contributed by atoms with van der Waals surface area (Å²) in [6.45, 7) is 1.96. The number of carbonyl (C=O) groups excluding carboxylic acids is 1. The lowest BCUT2D eigenvalue weighted by Crippen LogP contribution is -2.25. The molecule has 124 valence electrons. The predicted octanol–water partition coefficient (Wildman–Crippen LogP) is 3.35. The molecule has 0 bridgehead atoms. The molecule has 0 N–H and O–H groups in total. The second-order valence-corrected chi connectivity index (χ2v) is 6.88. The zero-order valence-electron chi connectivity index (χ0n) is 14.1. The van der Waals surface area contributed by atoms with Gasteiger partial charge in [-0.3, -0.25) is 9.59 Å². The summed E-state index contributed by atoms with van der Waals surface area (Å²) in [4.78, 5) is 28.1. The molecule has 5 rings (SSSR count). The Bertz CT molecular complexity index is 1100. The average molecular weight is 330 g/mol. The van der Waals surface area contributed by atoms with Gasteiger partial charge in [0.15, 0.2) is 5.78 Å². The standard InChI is InChI=1S/C21H18N2O2/c1-22-16-8-9-17(23-10-4-5-11-23)20-19(16)15(12-18(22)24)13-6-2-3-7-14(13)21(20)25/h2-3,6-9,12H,4-5,10-11H2,1H3. The first kappa shape index (κ1) is 14.5. The van der Waals surface area contributed by atoms with Crippen LogP contribution in [0.1, 0.15) is 28.8 Å². The van der Waals surface area contributed by atoms with Crippen LogP contribution in [0.4, 0.5) is 5.69 Å². The molecule has 2 heterocycles. The minimum absolute atomic E-state index is 0.0495. The molecule has 25 heavy (non-hydrogen) atoms. The van der Waals surface area contributed by atoms with Crippen molar-refractivity contribution in [2.24, 2.45) is 7.05 Å². The highest BCUT2D eigenvalue weighted by atomic mass is 16.1. The van der Waals surface area contributed by atoms with Crippen LogP contribution in [-0.4, -0.2) is 23.4 Å². The second-order valence-electron chi connectivity index (χ2n) is 6.88. The number of rotatable bonds is 1. The van der Waals surface area contributed by atoms with Crippen molar-refractivity contribution < 1.29 is 4.79 Å². The molecule has 0 atom stereocenters. The maximum atomic E-state index is 13.4. The zero-order chi connectivity index (χ0) is 17.1. The van der Waals surface area contributed by atoms with Gasteiger partial charge in [0.2, 0.25) is 0 Å². The van der Waals surface area contributed by atoms with E-state index in [1.54, 1.807) is 17.7 Å². The number of hydrogen-bond donors (Lipinski definition) is 0. The van der Waals surface area contributed by atoms with Gasteiger partial charge in [0.25, 0.3) is 5.56 Å². The fourth-order valence-electron chi connectivity index (χ4n) is 4.26. The quantitative estimate of drug-likeness (QED) is 0.537. The SMILES string of the molecule is Cn1c(=O)cc2c3c(c(N4CCCC4)ccc31)C(=O)c1ccccc1-2. The van der Waals surface area contributed by atoms with E-state index < -0.39 is 0 Å². The fraction of sp³-hybridized carbons (Fsp3) is 0.238. The maximum Gasteiger partial charge on any atom is 0.251 e. The van der Waals surface area contributed by atoms with E-state index in [1.165, 1.54) is 0 Å². The number of fused-ring (bicyclic) bond motifs is 2. The molecular weight excluding hydrogens is 312 g/mol. The van der Waals surface area contributed by atoms with E-state index in [0.29, 0.717) is 5.56 Å². The molecule has 1 aromatic heterocycles. The number of anilines is 1. The van der Waals surface area contributed by atoms with Crippen LogP contribution in [0.25, 0.3) is 22.0 Å². The van der Waals surface area contributed by atoms with Crippen molar-refractivity contribution in [2.75, 3.05) is 18.0 Å². The summed E-state index contributed by atoms with van der Waals surface area (Å²) in [6.07, 6.45) is 2.31. The average Bonchev–Trinajstić information content (AvgIpc) is 3.17. The molecule has 0 unspecified atom stereocenters. The topological polar surface area (TPSA) is 42.3 Å². The highest BCUT2D eigenvalue weighted by Gasteiger charge is 2.30. The van der Waals surface area contributed by atoms with Gasteiger partial charge in [-0.05, 0) is 36.1 Å². The highest BCUT2D eigenvalue weighted by molar-refractivity contribution is 6.28. The number of aromatic nitrogens is 1. The van der Waals surface area contributed by atoms with Gasteiger partial charge in [0.1, 0.15) is 0 Å². The number of benzene rings is 2. The number of nitrogens with zero attached hydrogens (tertiary/aromatic N) is 2. The van der Waals surface area contributed by atoms with Crippen LogP contribution in [0, 0.1) is 0 Å². The fourth-order valence-corrected chi connectivity index (χ4v) is 4.26. The molecule has 0 spiro atoms. The first-order valence-electron chi connectivity index (χ1n) is 8.72. The number of hydrogen-bond acceptors (Lipinski definition) is 3. The third-order valence-corrected chi connectivity index (χ3v) is 5.53. The van der Waals surface area contributed by atoms with Crippen molar-refractivity contribution in [3.8, 4) is 11.1 Å². The smallest absolute Gasteiger partial charge is 0.251 e. The normalized spacial score (nSPS) is 15.7. The van der Waals surface area contributed by atoms with Crippen LogP contribution in [-0.2, 0) is 7.05 Å². The molecule has 2 aromatic carbocycles. The van der Waals surface area contributed by atoms with Crippen molar-refractivity contribution >= 4 is 22.4 Å². The minimum Gasteiger partial charge on any atom is -0.371 e. The molecule has 0 saturated carbocycles. The molecule has 2 aliphatic rings. The van der Waals surface area contributed by atoms with E-state index in [4.69, 9.17) is 0 Å². The van der Waals surface area contributed by atoms with E-state index in [-0.39, 0.29) is 11.3 Å². The third kappa shape index (κ3) is 1.88. The van der Waals surface area contributed by atoms with Gasteiger partial charge < -0.3 is 9.47 Å². The van der Waals surface area contributed by atoms with E-state index >= 15 is 0 Å². The summed E-state index contributed by atoms with van der Waals surface area (Å²) >= 11 is 0. The molecule has 4 nitrogen and oxygen atoms in total. The van der Waals surface area contributed by atoms with Crippen LogP contribution >= 0.6 is 0 Å². The van der Waals surface area contributed by atoms with Crippen LogP contribution in [0.3, 0.4) is 0 Å². The largest absolute Gasteiger partial charge is 0.371 e. The van der Waals surface area contributed by atoms with Gasteiger partial charge in [0.05, 0.1) is 11.1 Å². The molecule has 1 saturated heterocycles. The Kier molecular flexibility index (Phi) is 2.93. The Hall–Kier alpha value is -2.88. The minimum atomic E-state index is -0.0495. The number of pyridine rings is 1. The van der Waals surface area contributed by atoms with Gasteiger partial charge >= 0.3 is 0 Å². The predicted molar refractivity (Wildman–Crippen MR) is 99.5 cm³/mol. The Morgan fingerprint density at radius 1 is 0.880 bits per heavy atom. The van der Waals surface area contributed by atoms with E-state index in [2.05, 4.69) is 4.90 Å². The highest BCUT2D eigenvalue weighted by Crippen LogP contribution is 2.42. The lowest BCUT2D eigenvalue weighted by atomic mass is 9.83. The van der Waals surface area contributed by atoms with Crippen LogP contribution in [0.5, 0.6) is 0 Å². The Labute approximate surface area is 145 Å². The molecule has 4 heteroatoms. The van der Waals surface area contributed by atoms with Gasteiger partial charge in [0, 0.05) is 42.8 Å². The monoisotopic (exact) mass is 330 g/mol. The maximum absolute atomic E-state index is 13.4. The van der Waals surface area contributed by atoms with E-state index in [9.17, 15) is 9.59 Å². The van der Waals surface area contributed by atoms with Crippen molar-refractivity contribution in [1.29, 1.82) is 0 Å². The Morgan fingerprint density at radius 2 is 1.60 bits per heavy atom. The summed E-state index contributed by atoms with van der Waals surface area (Å²) in [5.74, 6) is 0.0641. The van der Waals surface area contributed by atoms with Gasteiger partial charge in [-0.25, -0.2) is 0 Å². The Balaban J connectivity index is 1.97. The third-order valence-electron chi connectivity index (χ3n) is 5.53. The van der Waals surface area contributed by atoms with Crippen molar-refractivity contribution in [3.05, 3.63) is 63.9 Å². The molecule has 3 aromatic rings. The summed E-state index contributed by atoms with van der Waals surface area (Å²) in [7, 11) is 1.77. The Morgan fingerprint density at radius 3 is 2.36 bits per heavy atom. The summed E-state index contributed by atoms with van der Waals surface area (Å²) in [6, 6.07) is 13.3. The summed E-state index contributed by atoms with van der Waals surface area (Å²) < 4.78 is 1.64. The molecule has 0 amide bonds. The van der Waals surface area contributed by atoms with Gasteiger partial charge in [-0.2, -0.15) is 0 Å². The van der Waals surface area contributed by atoms with E-state index in [1.807, 2.05) is 36.4 Å². The van der Waals surface area contributed by atoms with Gasteiger partial charge in [-0.15, -0.1) is 0 Å². The first-order chi connectivity index (χ1) is 12.2. The van der Waals surface area contributed by atoms with Gasteiger partial charge in [-0.1, -0.05) is 24.3 Å². The molecule has 1 aliphatic heterocycles. The zero-order valence-corrected chi connectivity index (χ0v) is 14.1. The molecule has 1 fully saturated rings. The summed E-state index contributed by atoms with van der Waals surface area (Å²) in [5, 5.41) is 0.912. The number of aryl methyl sites for hydroxylation is 1. The lowest BCUT2D eigenvalue weighted by molar-refractivity contribution is 0.104. The van der Waals surface area contributed by atoms with Crippen molar-refractivity contribution in [2.45, 2.75) is 12.8 Å². The molecular formula is C21H18N2O2. The van der Waals surface area contributed by atoms with Crippen LogP contribution in [0.15, 0.2) is 47.3 Å². The lowest BCUT2D eigenvalue weighted by Gasteiger charge is -2.27. The summed E-state index contributed by atoms with van der Waals surface area (Å²) in [5.41, 5.74) is 4.96. The van der Waals surface area contributed by atoms with E-state index in [0.717, 1.165) is 59.2 Å². The first-order valence-corrected chi connectivity index (χ1v) is 8.72. The van der Waals surface area contributed by atoms with Crippen molar-refractivity contribution in [3.63, 3.8) is 0 Å². The van der Waals surface area contributed by atoms with Crippen LogP contribution < -0.4 is 10.5 Å². The number of ketones is 1. The second kappa shape index (κ2) is 5.06. The van der Waals surface area contributed by atoms with Crippen molar-refractivity contribution in [1.82, 2.24) is 4.57 Å². The molecule has 0 radical (unpaired) electrons. The molecule has 1 aliphatic carbocycles. The number of carbonyl (C=O) groups is 1.